The first-order valence-corrected chi connectivity index (χ1v) is 11.5. The van der Waals surface area contributed by atoms with Gasteiger partial charge in [-0.3, -0.25) is 9.69 Å². The first-order chi connectivity index (χ1) is 14.5. The summed E-state index contributed by atoms with van der Waals surface area (Å²) in [5.41, 5.74) is 4.76. The summed E-state index contributed by atoms with van der Waals surface area (Å²) in [5, 5.41) is 3.64. The van der Waals surface area contributed by atoms with E-state index in [0.717, 1.165) is 32.4 Å². The highest BCUT2D eigenvalue weighted by atomic mass is 35.5. The summed E-state index contributed by atoms with van der Waals surface area (Å²) < 4.78 is 14.0. The number of fused-ring (bicyclic) bond motifs is 1. The summed E-state index contributed by atoms with van der Waals surface area (Å²) in [6.07, 6.45) is 6.47. The van der Waals surface area contributed by atoms with E-state index in [0.29, 0.717) is 17.1 Å². The van der Waals surface area contributed by atoms with E-state index in [1.54, 1.807) is 12.1 Å². The molecule has 1 fully saturated rings. The maximum absolute atomic E-state index is 14.0. The number of amides is 1. The van der Waals surface area contributed by atoms with Gasteiger partial charge in [0, 0.05) is 23.0 Å². The molecule has 1 saturated heterocycles. The number of hydrogen-bond acceptors (Lipinski definition) is 2. The van der Waals surface area contributed by atoms with E-state index in [9.17, 15) is 9.18 Å². The van der Waals surface area contributed by atoms with Crippen molar-refractivity contribution in [2.75, 3.05) is 13.1 Å². The first kappa shape index (κ1) is 21.3. The molecule has 1 aliphatic heterocycles. The molecule has 1 atom stereocenters. The van der Waals surface area contributed by atoms with Crippen LogP contribution in [0.5, 0.6) is 0 Å². The minimum absolute atomic E-state index is 0.0194. The van der Waals surface area contributed by atoms with Crippen molar-refractivity contribution in [1.29, 1.82) is 0 Å². The van der Waals surface area contributed by atoms with Crippen LogP contribution in [0.1, 0.15) is 60.9 Å². The van der Waals surface area contributed by atoms with Crippen LogP contribution in [0.2, 0.25) is 5.02 Å². The third-order valence-corrected chi connectivity index (χ3v) is 6.83. The lowest BCUT2D eigenvalue weighted by Gasteiger charge is -2.32. The Bertz CT molecular complexity index is 908. The molecular formula is C25H30ClFN2O. The Labute approximate surface area is 183 Å². The van der Waals surface area contributed by atoms with Gasteiger partial charge in [-0.1, -0.05) is 35.9 Å². The van der Waals surface area contributed by atoms with Crippen LogP contribution in [-0.4, -0.2) is 23.9 Å². The number of carbonyl (C=O) groups is 1. The number of piperidine rings is 1. The number of rotatable bonds is 5. The molecule has 30 heavy (non-hydrogen) atoms. The molecule has 0 spiro atoms. The van der Waals surface area contributed by atoms with Gasteiger partial charge in [0.25, 0.3) is 0 Å². The van der Waals surface area contributed by atoms with Gasteiger partial charge < -0.3 is 5.32 Å². The van der Waals surface area contributed by atoms with E-state index in [2.05, 4.69) is 35.3 Å². The van der Waals surface area contributed by atoms with Gasteiger partial charge in [0.1, 0.15) is 5.82 Å². The molecule has 4 rings (SSSR count). The number of carbonyl (C=O) groups excluding carboxylic acids is 1. The minimum atomic E-state index is -0.263. The zero-order chi connectivity index (χ0) is 21.1. The van der Waals surface area contributed by atoms with E-state index in [4.69, 9.17) is 11.6 Å². The van der Waals surface area contributed by atoms with Crippen molar-refractivity contribution in [3.63, 3.8) is 0 Å². The summed E-state index contributed by atoms with van der Waals surface area (Å²) in [5.74, 6) is -0.102. The Hall–Kier alpha value is -1.91. The van der Waals surface area contributed by atoms with E-state index in [1.165, 1.54) is 42.0 Å². The molecule has 0 saturated carbocycles. The van der Waals surface area contributed by atoms with Gasteiger partial charge in [0.15, 0.2) is 0 Å². The van der Waals surface area contributed by atoms with Crippen LogP contribution in [0, 0.1) is 11.7 Å². The molecule has 5 heteroatoms. The number of benzene rings is 2. The minimum Gasteiger partial charge on any atom is -0.349 e. The molecule has 2 aromatic rings. The number of likely N-dealkylation sites (tertiary alicyclic amines) is 1. The van der Waals surface area contributed by atoms with E-state index in [1.807, 2.05) is 0 Å². The van der Waals surface area contributed by atoms with E-state index >= 15 is 0 Å². The topological polar surface area (TPSA) is 32.3 Å². The Kier molecular flexibility index (Phi) is 6.74. The van der Waals surface area contributed by atoms with Gasteiger partial charge in [-0.05, 0) is 87.4 Å². The van der Waals surface area contributed by atoms with Crippen molar-refractivity contribution in [1.82, 2.24) is 10.2 Å². The molecular weight excluding hydrogens is 399 g/mol. The van der Waals surface area contributed by atoms with Gasteiger partial charge in [-0.2, -0.15) is 0 Å². The van der Waals surface area contributed by atoms with Crippen LogP contribution in [0.15, 0.2) is 36.4 Å². The number of hydrogen-bond donors (Lipinski definition) is 1. The fraction of sp³-hybridized carbons (Fsp3) is 0.480. The quantitative estimate of drug-likeness (QED) is 0.687. The average molecular weight is 429 g/mol. The fourth-order valence-electron chi connectivity index (χ4n) is 4.68. The van der Waals surface area contributed by atoms with Crippen LogP contribution >= 0.6 is 11.6 Å². The van der Waals surface area contributed by atoms with Crippen LogP contribution < -0.4 is 5.32 Å². The molecule has 0 bridgehead atoms. The third kappa shape index (κ3) is 5.04. The van der Waals surface area contributed by atoms with Crippen molar-refractivity contribution in [2.24, 2.45) is 5.92 Å². The van der Waals surface area contributed by atoms with Gasteiger partial charge in [0.05, 0.1) is 6.04 Å². The highest BCUT2D eigenvalue weighted by molar-refractivity contribution is 6.30. The molecule has 1 amide bonds. The monoisotopic (exact) mass is 428 g/mol. The summed E-state index contributed by atoms with van der Waals surface area (Å²) in [7, 11) is 0. The average Bonchev–Trinajstić information content (AvgIpc) is 2.75. The van der Waals surface area contributed by atoms with Crippen LogP contribution in [0.4, 0.5) is 4.39 Å². The lowest BCUT2D eigenvalue weighted by Crippen LogP contribution is -2.41. The molecule has 2 aromatic carbocycles. The number of halogens is 2. The molecule has 0 aromatic heterocycles. The molecule has 1 aliphatic carbocycles. The van der Waals surface area contributed by atoms with Crippen LogP contribution in [0.25, 0.3) is 0 Å². The normalized spacial score (nSPS) is 18.6. The maximum Gasteiger partial charge on any atom is 0.223 e. The lowest BCUT2D eigenvalue weighted by molar-refractivity contribution is -0.127. The highest BCUT2D eigenvalue weighted by Crippen LogP contribution is 2.26. The number of aryl methyl sites for hydroxylation is 2. The van der Waals surface area contributed by atoms with Crippen molar-refractivity contribution < 1.29 is 9.18 Å². The SMILES string of the molecule is C[C@H](NC(=O)C1CCN(Cc2ccc(Cl)cc2F)CC1)c1ccc2c(c1)CCCC2. The van der Waals surface area contributed by atoms with Gasteiger partial charge in [-0.25, -0.2) is 4.39 Å². The molecule has 1 heterocycles. The zero-order valence-corrected chi connectivity index (χ0v) is 18.4. The Morgan fingerprint density at radius 1 is 1.13 bits per heavy atom. The second kappa shape index (κ2) is 9.49. The largest absolute Gasteiger partial charge is 0.349 e. The summed E-state index contributed by atoms with van der Waals surface area (Å²) in [6.45, 7) is 4.23. The number of nitrogens with one attached hydrogen (secondary N) is 1. The molecule has 0 unspecified atom stereocenters. The maximum atomic E-state index is 14.0. The van der Waals surface area contributed by atoms with E-state index < -0.39 is 0 Å². The van der Waals surface area contributed by atoms with E-state index in [-0.39, 0.29) is 23.7 Å². The van der Waals surface area contributed by atoms with Crippen LogP contribution in [0.3, 0.4) is 0 Å². The van der Waals surface area contributed by atoms with Crippen molar-refractivity contribution >= 4 is 17.5 Å². The fourth-order valence-corrected chi connectivity index (χ4v) is 4.84. The van der Waals surface area contributed by atoms with Crippen molar-refractivity contribution in [2.45, 2.75) is 58.0 Å². The smallest absolute Gasteiger partial charge is 0.223 e. The molecule has 160 valence electrons. The van der Waals surface area contributed by atoms with Gasteiger partial charge in [-0.15, -0.1) is 0 Å². The lowest BCUT2D eigenvalue weighted by atomic mass is 9.89. The van der Waals surface area contributed by atoms with Crippen molar-refractivity contribution in [3.05, 3.63) is 69.5 Å². The summed E-state index contributed by atoms with van der Waals surface area (Å²) in [6, 6.07) is 11.5. The third-order valence-electron chi connectivity index (χ3n) is 6.60. The predicted molar refractivity (Wildman–Crippen MR) is 119 cm³/mol. The molecule has 0 radical (unpaired) electrons. The Morgan fingerprint density at radius 2 is 1.87 bits per heavy atom. The highest BCUT2D eigenvalue weighted by Gasteiger charge is 2.26. The Morgan fingerprint density at radius 3 is 2.60 bits per heavy atom. The van der Waals surface area contributed by atoms with Crippen LogP contribution in [-0.2, 0) is 24.2 Å². The predicted octanol–water partition coefficient (Wildman–Crippen LogP) is 5.45. The van der Waals surface area contributed by atoms with Gasteiger partial charge in [0.2, 0.25) is 5.91 Å². The van der Waals surface area contributed by atoms with Gasteiger partial charge >= 0.3 is 0 Å². The summed E-state index contributed by atoms with van der Waals surface area (Å²) in [4.78, 5) is 15.0. The number of nitrogens with zero attached hydrogens (tertiary/aromatic N) is 1. The van der Waals surface area contributed by atoms with Crippen molar-refractivity contribution in [3.8, 4) is 0 Å². The molecule has 1 N–H and O–H groups in total. The standard InChI is InChI=1S/C25H30ClFN2O/c1-17(20-7-6-18-4-2-3-5-21(18)14-20)28-25(30)19-10-12-29(13-11-19)16-22-8-9-23(26)15-24(22)27/h6-9,14-15,17,19H,2-5,10-13,16H2,1H3,(H,28,30)/t17-/m0/s1. The second-order valence-corrected chi connectivity index (χ2v) is 9.19. The molecule has 3 nitrogen and oxygen atoms in total. The second-order valence-electron chi connectivity index (χ2n) is 8.75. The Balaban J connectivity index is 1.29. The molecule has 2 aliphatic rings. The zero-order valence-electron chi connectivity index (χ0n) is 17.6. The first-order valence-electron chi connectivity index (χ1n) is 11.1. The summed E-state index contributed by atoms with van der Waals surface area (Å²) >= 11 is 5.84.